The Labute approximate surface area is 210 Å². The molecule has 3 aromatic rings. The molecule has 2 atom stereocenters. The minimum atomic E-state index is -0.869. The number of carbonyl (C=O) groups excluding carboxylic acids is 2. The molecule has 0 bridgehead atoms. The SMILES string of the molecule is COc1ccc(C(=O)N[C@@]2(Nc3ccc(C(C)C)cc3)CNCC(c3nccnc3C(N)=O)C2)cc1. The predicted molar refractivity (Wildman–Crippen MR) is 138 cm³/mol. The first-order chi connectivity index (χ1) is 17.3. The van der Waals surface area contributed by atoms with Crippen molar-refractivity contribution >= 4 is 17.5 Å². The van der Waals surface area contributed by atoms with Crippen LogP contribution in [0.2, 0.25) is 0 Å². The third-order valence-corrected chi connectivity index (χ3v) is 6.42. The molecule has 0 aliphatic carbocycles. The maximum atomic E-state index is 13.3. The summed E-state index contributed by atoms with van der Waals surface area (Å²) in [6.45, 7) is 5.31. The maximum Gasteiger partial charge on any atom is 0.269 e. The standard InChI is InChI=1S/C27H32N6O3/c1-17(2)18-4-8-21(9-5-18)32-27(33-26(35)19-6-10-22(36-3)11-7-19)14-20(15-29-16-27)23-24(25(28)34)31-13-12-30-23/h4-13,17,20,29,32H,14-16H2,1-3H3,(H2,28,34)(H,33,35)/t20?,27-/m1/s1. The average molecular weight is 489 g/mol. The first kappa shape index (κ1) is 25.1. The summed E-state index contributed by atoms with van der Waals surface area (Å²) >= 11 is 0. The number of nitrogens with two attached hydrogens (primary N) is 1. The summed E-state index contributed by atoms with van der Waals surface area (Å²) in [4.78, 5) is 33.9. The van der Waals surface area contributed by atoms with Gasteiger partial charge in [-0.2, -0.15) is 0 Å². The Kier molecular flexibility index (Phi) is 7.49. The van der Waals surface area contributed by atoms with E-state index < -0.39 is 11.6 Å². The van der Waals surface area contributed by atoms with Crippen molar-refractivity contribution in [1.29, 1.82) is 0 Å². The van der Waals surface area contributed by atoms with Crippen molar-refractivity contribution in [2.45, 2.75) is 37.8 Å². The van der Waals surface area contributed by atoms with Gasteiger partial charge in [-0.15, -0.1) is 0 Å². The maximum absolute atomic E-state index is 13.3. The Morgan fingerprint density at radius 1 is 1.08 bits per heavy atom. The number of piperidine rings is 1. The number of benzene rings is 2. The van der Waals surface area contributed by atoms with E-state index in [2.05, 4.69) is 51.9 Å². The van der Waals surface area contributed by atoms with E-state index in [-0.39, 0.29) is 17.5 Å². The van der Waals surface area contributed by atoms with Gasteiger partial charge in [-0.25, -0.2) is 4.98 Å². The summed E-state index contributed by atoms with van der Waals surface area (Å²) in [5.74, 6) is 0.000975. The number of nitrogens with one attached hydrogen (secondary N) is 3. The molecule has 1 fully saturated rings. The monoisotopic (exact) mass is 488 g/mol. The lowest BCUT2D eigenvalue weighted by Gasteiger charge is -2.43. The van der Waals surface area contributed by atoms with Crippen molar-refractivity contribution in [2.24, 2.45) is 5.73 Å². The molecule has 1 aliphatic rings. The minimum Gasteiger partial charge on any atom is -0.497 e. The molecule has 9 heteroatoms. The molecule has 1 aromatic heterocycles. The van der Waals surface area contributed by atoms with Gasteiger partial charge in [-0.3, -0.25) is 14.6 Å². The number of rotatable bonds is 8. The second kappa shape index (κ2) is 10.7. The van der Waals surface area contributed by atoms with E-state index in [4.69, 9.17) is 10.5 Å². The zero-order valence-electron chi connectivity index (χ0n) is 20.7. The Hall–Kier alpha value is -3.98. The van der Waals surface area contributed by atoms with Gasteiger partial charge in [-0.1, -0.05) is 26.0 Å². The molecule has 5 N–H and O–H groups in total. The van der Waals surface area contributed by atoms with E-state index in [9.17, 15) is 9.59 Å². The van der Waals surface area contributed by atoms with Gasteiger partial charge in [0, 0.05) is 42.7 Å². The molecule has 0 radical (unpaired) electrons. The van der Waals surface area contributed by atoms with Gasteiger partial charge in [0.15, 0.2) is 0 Å². The number of anilines is 1. The molecule has 36 heavy (non-hydrogen) atoms. The van der Waals surface area contributed by atoms with Gasteiger partial charge in [0.2, 0.25) is 0 Å². The number of methoxy groups -OCH3 is 1. The molecule has 1 aliphatic heterocycles. The van der Waals surface area contributed by atoms with Crippen LogP contribution in [-0.2, 0) is 0 Å². The number of hydrogen-bond donors (Lipinski definition) is 4. The van der Waals surface area contributed by atoms with Crippen LogP contribution in [0, 0.1) is 0 Å². The van der Waals surface area contributed by atoms with Gasteiger partial charge in [0.25, 0.3) is 11.8 Å². The van der Waals surface area contributed by atoms with Gasteiger partial charge >= 0.3 is 0 Å². The van der Waals surface area contributed by atoms with Gasteiger partial charge in [0.05, 0.1) is 12.8 Å². The zero-order valence-corrected chi connectivity index (χ0v) is 20.7. The number of aromatic nitrogens is 2. The highest BCUT2D eigenvalue weighted by Gasteiger charge is 2.40. The third-order valence-electron chi connectivity index (χ3n) is 6.42. The van der Waals surface area contributed by atoms with Gasteiger partial charge < -0.3 is 26.4 Å². The molecule has 4 rings (SSSR count). The number of carbonyl (C=O) groups is 2. The van der Waals surface area contributed by atoms with E-state index in [0.717, 1.165) is 5.69 Å². The van der Waals surface area contributed by atoms with Crippen LogP contribution in [0.4, 0.5) is 5.69 Å². The second-order valence-electron chi connectivity index (χ2n) is 9.35. The number of ether oxygens (including phenoxy) is 1. The molecule has 0 saturated carbocycles. The fraction of sp³-hybridized carbons (Fsp3) is 0.333. The molecule has 1 unspecified atom stereocenters. The minimum absolute atomic E-state index is 0.142. The van der Waals surface area contributed by atoms with Crippen LogP contribution < -0.4 is 26.4 Å². The van der Waals surface area contributed by atoms with Crippen LogP contribution in [0.25, 0.3) is 0 Å². The van der Waals surface area contributed by atoms with Crippen molar-refractivity contribution in [3.05, 3.63) is 83.4 Å². The Morgan fingerprint density at radius 3 is 2.42 bits per heavy atom. The smallest absolute Gasteiger partial charge is 0.269 e. The largest absolute Gasteiger partial charge is 0.497 e. The Balaban J connectivity index is 1.66. The van der Waals surface area contributed by atoms with E-state index in [0.29, 0.717) is 42.4 Å². The third kappa shape index (κ3) is 5.63. The lowest BCUT2D eigenvalue weighted by molar-refractivity contribution is 0.0887. The van der Waals surface area contributed by atoms with Gasteiger partial charge in [-0.05, 0) is 54.3 Å². The summed E-state index contributed by atoms with van der Waals surface area (Å²) in [7, 11) is 1.58. The van der Waals surface area contributed by atoms with Gasteiger partial charge in [0.1, 0.15) is 17.1 Å². The molecule has 1 saturated heterocycles. The highest BCUT2D eigenvalue weighted by molar-refractivity contribution is 5.95. The van der Waals surface area contributed by atoms with Crippen molar-refractivity contribution in [1.82, 2.24) is 20.6 Å². The van der Waals surface area contributed by atoms with Crippen LogP contribution in [0.3, 0.4) is 0 Å². The number of primary amides is 1. The molecule has 2 aromatic carbocycles. The predicted octanol–water partition coefficient (Wildman–Crippen LogP) is 3.02. The Morgan fingerprint density at radius 2 is 1.78 bits per heavy atom. The van der Waals surface area contributed by atoms with Crippen molar-refractivity contribution in [3.63, 3.8) is 0 Å². The van der Waals surface area contributed by atoms with E-state index >= 15 is 0 Å². The molecule has 0 spiro atoms. The molecule has 2 amide bonds. The summed E-state index contributed by atoms with van der Waals surface area (Å²) < 4.78 is 5.21. The first-order valence-electron chi connectivity index (χ1n) is 12.0. The topological polar surface area (TPSA) is 131 Å². The number of amides is 2. The van der Waals surface area contributed by atoms with E-state index in [1.54, 1.807) is 37.6 Å². The fourth-order valence-corrected chi connectivity index (χ4v) is 4.54. The lowest BCUT2D eigenvalue weighted by atomic mass is 9.86. The number of hydrogen-bond acceptors (Lipinski definition) is 7. The molecule has 2 heterocycles. The zero-order chi connectivity index (χ0) is 25.7. The fourth-order valence-electron chi connectivity index (χ4n) is 4.54. The quantitative estimate of drug-likeness (QED) is 0.359. The lowest BCUT2D eigenvalue weighted by Crippen LogP contribution is -2.64. The normalized spacial score (nSPS) is 19.5. The summed E-state index contributed by atoms with van der Waals surface area (Å²) in [5.41, 5.74) is 7.95. The highest BCUT2D eigenvalue weighted by Crippen LogP contribution is 2.31. The van der Waals surface area contributed by atoms with Crippen LogP contribution in [0.1, 0.15) is 64.2 Å². The van der Waals surface area contributed by atoms with E-state index in [1.165, 1.54) is 11.8 Å². The molecular formula is C27H32N6O3. The van der Waals surface area contributed by atoms with Crippen molar-refractivity contribution in [3.8, 4) is 5.75 Å². The average Bonchev–Trinajstić information content (AvgIpc) is 2.89. The van der Waals surface area contributed by atoms with Crippen LogP contribution >= 0.6 is 0 Å². The van der Waals surface area contributed by atoms with Crippen LogP contribution in [0.5, 0.6) is 5.75 Å². The van der Waals surface area contributed by atoms with Crippen LogP contribution in [0.15, 0.2) is 60.9 Å². The Bertz CT molecular complexity index is 1210. The summed E-state index contributed by atoms with van der Waals surface area (Å²) in [5, 5.41) is 10.1. The summed E-state index contributed by atoms with van der Waals surface area (Å²) in [6.07, 6.45) is 3.46. The number of nitrogens with zero attached hydrogens (tertiary/aromatic N) is 2. The van der Waals surface area contributed by atoms with Crippen molar-refractivity contribution < 1.29 is 14.3 Å². The molecule has 9 nitrogen and oxygen atoms in total. The van der Waals surface area contributed by atoms with E-state index in [1.807, 2.05) is 12.1 Å². The van der Waals surface area contributed by atoms with Crippen LogP contribution in [-0.4, -0.2) is 47.6 Å². The van der Waals surface area contributed by atoms with Crippen molar-refractivity contribution in [2.75, 3.05) is 25.5 Å². The first-order valence-corrected chi connectivity index (χ1v) is 12.0. The summed E-state index contributed by atoms with van der Waals surface area (Å²) in [6, 6.07) is 15.1. The molecular weight excluding hydrogens is 456 g/mol. The highest BCUT2D eigenvalue weighted by atomic mass is 16.5. The second-order valence-corrected chi connectivity index (χ2v) is 9.35. The molecule has 188 valence electrons.